The van der Waals surface area contributed by atoms with Crippen LogP contribution in [0, 0.1) is 0 Å². The molecule has 0 aromatic heterocycles. The van der Waals surface area contributed by atoms with Crippen molar-refractivity contribution >= 4 is 23.1 Å². The number of rotatable bonds is 3. The summed E-state index contributed by atoms with van der Waals surface area (Å²) >= 11 is 4.91. The van der Waals surface area contributed by atoms with E-state index in [2.05, 4.69) is 0 Å². The molecule has 1 amide bonds. The monoisotopic (exact) mass is 292 g/mol. The number of morpholine rings is 1. The lowest BCUT2D eigenvalue weighted by molar-refractivity contribution is -0.142. The van der Waals surface area contributed by atoms with E-state index in [9.17, 15) is 4.79 Å². The Hall–Kier alpha value is -1.46. The molecule has 2 atom stereocenters. The predicted octanol–water partition coefficient (Wildman–Crippen LogP) is 1.50. The maximum absolute atomic E-state index is 12.3. The Labute approximate surface area is 124 Å². The van der Waals surface area contributed by atoms with E-state index in [1.807, 2.05) is 43.0 Å². The van der Waals surface area contributed by atoms with Crippen molar-refractivity contribution in [3.05, 3.63) is 35.4 Å². The van der Waals surface area contributed by atoms with Crippen LogP contribution in [0.4, 0.5) is 0 Å². The largest absolute Gasteiger partial charge is 0.389 e. The van der Waals surface area contributed by atoms with Gasteiger partial charge in [-0.3, -0.25) is 4.79 Å². The lowest BCUT2D eigenvalue weighted by atomic mass is 10.1. The van der Waals surface area contributed by atoms with Crippen molar-refractivity contribution in [3.8, 4) is 0 Å². The Morgan fingerprint density at radius 3 is 2.35 bits per heavy atom. The Morgan fingerprint density at radius 2 is 1.85 bits per heavy atom. The quantitative estimate of drug-likeness (QED) is 0.858. The number of benzene rings is 1. The van der Waals surface area contributed by atoms with Crippen LogP contribution in [-0.4, -0.2) is 41.1 Å². The fourth-order valence-corrected chi connectivity index (χ4v) is 2.59. The molecule has 0 saturated carbocycles. The predicted molar refractivity (Wildman–Crippen MR) is 82.6 cm³/mol. The van der Waals surface area contributed by atoms with Gasteiger partial charge in [0.1, 0.15) is 4.99 Å². The van der Waals surface area contributed by atoms with Gasteiger partial charge in [0.25, 0.3) is 0 Å². The van der Waals surface area contributed by atoms with Crippen LogP contribution in [0.2, 0.25) is 0 Å². The molecule has 1 aromatic carbocycles. The number of carbonyl (C=O) groups excluding carboxylic acids is 1. The van der Waals surface area contributed by atoms with Crippen molar-refractivity contribution in [2.45, 2.75) is 32.5 Å². The molecule has 0 unspecified atom stereocenters. The van der Waals surface area contributed by atoms with Crippen molar-refractivity contribution < 1.29 is 9.53 Å². The molecule has 2 rings (SSSR count). The second-order valence-corrected chi connectivity index (χ2v) is 5.73. The molecule has 1 heterocycles. The molecule has 1 aromatic rings. The molecule has 1 saturated heterocycles. The first-order valence-electron chi connectivity index (χ1n) is 6.77. The third-order valence-corrected chi connectivity index (χ3v) is 3.60. The molecule has 1 aliphatic rings. The van der Waals surface area contributed by atoms with Crippen LogP contribution < -0.4 is 5.73 Å². The Kier molecular flexibility index (Phi) is 4.73. The first kappa shape index (κ1) is 14.9. The lowest BCUT2D eigenvalue weighted by Crippen LogP contribution is -2.48. The van der Waals surface area contributed by atoms with Crippen molar-refractivity contribution in [1.82, 2.24) is 4.90 Å². The Balaban J connectivity index is 1.98. The van der Waals surface area contributed by atoms with Gasteiger partial charge in [0.05, 0.1) is 18.6 Å². The van der Waals surface area contributed by atoms with Gasteiger partial charge >= 0.3 is 0 Å². The van der Waals surface area contributed by atoms with Gasteiger partial charge in [-0.25, -0.2) is 0 Å². The van der Waals surface area contributed by atoms with E-state index < -0.39 is 0 Å². The van der Waals surface area contributed by atoms with Gasteiger partial charge in [0, 0.05) is 18.7 Å². The highest BCUT2D eigenvalue weighted by Crippen LogP contribution is 2.13. The molecule has 2 N–H and O–H groups in total. The molecule has 1 fully saturated rings. The molecular formula is C15H20N2O2S. The fraction of sp³-hybridized carbons (Fsp3) is 0.467. The van der Waals surface area contributed by atoms with Crippen LogP contribution in [0.1, 0.15) is 25.0 Å². The summed E-state index contributed by atoms with van der Waals surface area (Å²) in [6, 6.07) is 7.52. The number of thiocarbonyl (C=S) groups is 1. The molecule has 0 bridgehead atoms. The van der Waals surface area contributed by atoms with Gasteiger partial charge in [0.2, 0.25) is 5.91 Å². The van der Waals surface area contributed by atoms with Crippen molar-refractivity contribution in [1.29, 1.82) is 0 Å². The number of carbonyl (C=O) groups is 1. The van der Waals surface area contributed by atoms with E-state index in [1.54, 1.807) is 0 Å². The van der Waals surface area contributed by atoms with Gasteiger partial charge in [-0.15, -0.1) is 0 Å². The molecule has 20 heavy (non-hydrogen) atoms. The average Bonchev–Trinajstić information content (AvgIpc) is 2.38. The average molecular weight is 292 g/mol. The number of nitrogens with zero attached hydrogens (tertiary/aromatic N) is 1. The van der Waals surface area contributed by atoms with Gasteiger partial charge in [-0.1, -0.05) is 36.5 Å². The van der Waals surface area contributed by atoms with E-state index >= 15 is 0 Å². The highest BCUT2D eigenvalue weighted by Gasteiger charge is 2.25. The molecule has 108 valence electrons. The maximum atomic E-state index is 12.3. The number of hydrogen-bond acceptors (Lipinski definition) is 3. The van der Waals surface area contributed by atoms with Crippen LogP contribution in [0.3, 0.4) is 0 Å². The smallest absolute Gasteiger partial charge is 0.227 e. The maximum Gasteiger partial charge on any atom is 0.227 e. The van der Waals surface area contributed by atoms with Gasteiger partial charge in [0.15, 0.2) is 0 Å². The third kappa shape index (κ3) is 3.77. The van der Waals surface area contributed by atoms with Gasteiger partial charge in [-0.2, -0.15) is 0 Å². The van der Waals surface area contributed by atoms with E-state index in [0.29, 0.717) is 24.5 Å². The summed E-state index contributed by atoms with van der Waals surface area (Å²) in [5.74, 6) is 0.134. The zero-order chi connectivity index (χ0) is 14.7. The van der Waals surface area contributed by atoms with Gasteiger partial charge in [-0.05, 0) is 19.4 Å². The summed E-state index contributed by atoms with van der Waals surface area (Å²) in [4.78, 5) is 14.5. The normalized spacial score (nSPS) is 22.6. The lowest BCUT2D eigenvalue weighted by Gasteiger charge is -2.35. The standard InChI is InChI=1S/C15H20N2O2S/c1-10-8-17(9-11(2)19-10)14(18)7-12-3-5-13(6-4-12)15(16)20/h3-6,10-11H,7-9H2,1-2H3,(H2,16,20)/t10-,11+. The first-order valence-corrected chi connectivity index (χ1v) is 7.18. The Morgan fingerprint density at radius 1 is 1.30 bits per heavy atom. The molecule has 1 aliphatic heterocycles. The highest BCUT2D eigenvalue weighted by atomic mass is 32.1. The molecule has 0 radical (unpaired) electrons. The molecule has 4 nitrogen and oxygen atoms in total. The SMILES string of the molecule is C[C@@H]1CN(C(=O)Cc2ccc(C(N)=S)cc2)C[C@H](C)O1. The van der Waals surface area contributed by atoms with E-state index in [0.717, 1.165) is 11.1 Å². The van der Waals surface area contributed by atoms with Crippen molar-refractivity contribution in [2.75, 3.05) is 13.1 Å². The van der Waals surface area contributed by atoms with Crippen LogP contribution in [-0.2, 0) is 16.0 Å². The summed E-state index contributed by atoms with van der Waals surface area (Å²) in [6.45, 7) is 5.31. The van der Waals surface area contributed by atoms with Crippen LogP contribution >= 0.6 is 12.2 Å². The van der Waals surface area contributed by atoms with Crippen molar-refractivity contribution in [2.24, 2.45) is 5.73 Å². The second-order valence-electron chi connectivity index (χ2n) is 5.29. The van der Waals surface area contributed by atoms with Crippen LogP contribution in [0.25, 0.3) is 0 Å². The summed E-state index contributed by atoms with van der Waals surface area (Å²) < 4.78 is 5.64. The van der Waals surface area contributed by atoms with Crippen LogP contribution in [0.5, 0.6) is 0 Å². The highest BCUT2D eigenvalue weighted by molar-refractivity contribution is 7.80. The Bertz CT molecular complexity index is 491. The fourth-order valence-electron chi connectivity index (χ4n) is 2.45. The minimum Gasteiger partial charge on any atom is -0.389 e. The van der Waals surface area contributed by atoms with E-state index in [-0.39, 0.29) is 18.1 Å². The molecule has 0 aliphatic carbocycles. The minimum absolute atomic E-state index is 0.0969. The number of nitrogens with two attached hydrogens (primary N) is 1. The number of ether oxygens (including phenoxy) is 1. The summed E-state index contributed by atoms with van der Waals surface area (Å²) in [7, 11) is 0. The zero-order valence-electron chi connectivity index (χ0n) is 11.8. The van der Waals surface area contributed by atoms with E-state index in [1.165, 1.54) is 0 Å². The topological polar surface area (TPSA) is 55.6 Å². The summed E-state index contributed by atoms with van der Waals surface area (Å²) in [5.41, 5.74) is 7.35. The van der Waals surface area contributed by atoms with Crippen LogP contribution in [0.15, 0.2) is 24.3 Å². The van der Waals surface area contributed by atoms with Gasteiger partial charge < -0.3 is 15.4 Å². The van der Waals surface area contributed by atoms with Crippen molar-refractivity contribution in [3.63, 3.8) is 0 Å². The number of amides is 1. The molecular weight excluding hydrogens is 272 g/mol. The minimum atomic E-state index is 0.0969. The summed E-state index contributed by atoms with van der Waals surface area (Å²) in [6.07, 6.45) is 0.594. The second kappa shape index (κ2) is 6.33. The van der Waals surface area contributed by atoms with E-state index in [4.69, 9.17) is 22.7 Å². The molecule has 0 spiro atoms. The zero-order valence-corrected chi connectivity index (χ0v) is 12.7. The first-order chi connectivity index (χ1) is 9.45. The molecule has 5 heteroatoms. The summed E-state index contributed by atoms with van der Waals surface area (Å²) in [5, 5.41) is 0. The number of hydrogen-bond donors (Lipinski definition) is 1. The third-order valence-electron chi connectivity index (χ3n) is 3.37.